The summed E-state index contributed by atoms with van der Waals surface area (Å²) >= 11 is 5.24. The maximum Gasteiger partial charge on any atom is 0.248 e. The first-order valence-corrected chi connectivity index (χ1v) is 8.58. The van der Waals surface area contributed by atoms with Crippen LogP contribution in [0.3, 0.4) is 0 Å². The minimum absolute atomic E-state index is 0.178. The van der Waals surface area contributed by atoms with Crippen LogP contribution in [0.2, 0.25) is 0 Å². The molecule has 0 aliphatic rings. The predicted molar refractivity (Wildman–Crippen MR) is 100 cm³/mol. The standard InChI is InChI=1S/C18H14BrNO2S/c1-22-13-6-4-5-12(11-13)20-17(21)10-9-16-18(19)14-7-2-3-8-15(14)23-16/h2-11H,1H3,(H,20,21)/b10-9+. The van der Waals surface area contributed by atoms with Gasteiger partial charge in [0, 0.05) is 37.3 Å². The van der Waals surface area contributed by atoms with Gasteiger partial charge in [0.05, 0.1) is 7.11 Å². The number of hydrogen-bond acceptors (Lipinski definition) is 3. The highest BCUT2D eigenvalue weighted by molar-refractivity contribution is 9.10. The summed E-state index contributed by atoms with van der Waals surface area (Å²) in [4.78, 5) is 13.1. The van der Waals surface area contributed by atoms with Crippen molar-refractivity contribution in [3.63, 3.8) is 0 Å². The summed E-state index contributed by atoms with van der Waals surface area (Å²) < 4.78 is 7.35. The molecule has 0 unspecified atom stereocenters. The summed E-state index contributed by atoms with van der Waals surface area (Å²) in [5, 5.41) is 3.98. The summed E-state index contributed by atoms with van der Waals surface area (Å²) in [5.41, 5.74) is 0.703. The van der Waals surface area contributed by atoms with Crippen LogP contribution < -0.4 is 10.1 Å². The number of anilines is 1. The number of carbonyl (C=O) groups excluding carboxylic acids is 1. The van der Waals surface area contributed by atoms with Gasteiger partial charge < -0.3 is 10.1 Å². The third-order valence-electron chi connectivity index (χ3n) is 3.28. The first-order valence-electron chi connectivity index (χ1n) is 6.97. The second-order valence-electron chi connectivity index (χ2n) is 4.83. The molecule has 0 fully saturated rings. The van der Waals surface area contributed by atoms with Gasteiger partial charge in [0.15, 0.2) is 0 Å². The van der Waals surface area contributed by atoms with Gasteiger partial charge in [-0.2, -0.15) is 0 Å². The highest BCUT2D eigenvalue weighted by Crippen LogP contribution is 2.36. The number of rotatable bonds is 4. The van der Waals surface area contributed by atoms with Crippen molar-refractivity contribution in [2.24, 2.45) is 0 Å². The fourth-order valence-electron chi connectivity index (χ4n) is 2.18. The van der Waals surface area contributed by atoms with Crippen molar-refractivity contribution >= 4 is 55.0 Å². The van der Waals surface area contributed by atoms with E-state index in [1.54, 1.807) is 24.5 Å². The molecule has 1 aromatic heterocycles. The van der Waals surface area contributed by atoms with Crippen LogP contribution in [0.25, 0.3) is 16.2 Å². The molecule has 0 radical (unpaired) electrons. The average Bonchev–Trinajstić information content (AvgIpc) is 2.90. The molecule has 3 rings (SSSR count). The van der Waals surface area contributed by atoms with Gasteiger partial charge in [0.1, 0.15) is 5.75 Å². The number of carbonyl (C=O) groups is 1. The minimum Gasteiger partial charge on any atom is -0.497 e. The number of ether oxygens (including phenoxy) is 1. The highest BCUT2D eigenvalue weighted by Gasteiger charge is 2.07. The number of halogens is 1. The van der Waals surface area contributed by atoms with Crippen LogP contribution in [0.1, 0.15) is 4.88 Å². The zero-order valence-corrected chi connectivity index (χ0v) is 14.8. The van der Waals surface area contributed by atoms with Crippen LogP contribution in [0, 0.1) is 0 Å². The normalized spacial score (nSPS) is 11.0. The molecule has 1 N–H and O–H groups in total. The average molecular weight is 388 g/mol. The highest BCUT2D eigenvalue weighted by atomic mass is 79.9. The van der Waals surface area contributed by atoms with Crippen LogP contribution in [0.4, 0.5) is 5.69 Å². The molecule has 23 heavy (non-hydrogen) atoms. The maximum absolute atomic E-state index is 12.1. The smallest absolute Gasteiger partial charge is 0.248 e. The number of methoxy groups -OCH3 is 1. The van der Waals surface area contributed by atoms with E-state index in [1.165, 1.54) is 10.8 Å². The number of benzene rings is 2. The van der Waals surface area contributed by atoms with E-state index in [9.17, 15) is 4.79 Å². The molecule has 116 valence electrons. The maximum atomic E-state index is 12.1. The molecular weight excluding hydrogens is 374 g/mol. The Hall–Kier alpha value is -2.11. The lowest BCUT2D eigenvalue weighted by Crippen LogP contribution is -2.07. The summed E-state index contributed by atoms with van der Waals surface area (Å²) in [6, 6.07) is 15.4. The molecule has 0 spiro atoms. The van der Waals surface area contributed by atoms with E-state index in [0.717, 1.165) is 14.7 Å². The molecule has 0 saturated carbocycles. The molecule has 3 nitrogen and oxygen atoms in total. The van der Waals surface area contributed by atoms with E-state index in [-0.39, 0.29) is 5.91 Å². The molecule has 0 aliphatic carbocycles. The summed E-state index contributed by atoms with van der Waals surface area (Å²) in [6.45, 7) is 0. The van der Waals surface area contributed by atoms with Crippen molar-refractivity contribution in [3.8, 4) is 5.75 Å². The van der Waals surface area contributed by atoms with Gasteiger partial charge in [-0.3, -0.25) is 4.79 Å². The zero-order chi connectivity index (χ0) is 16.2. The first kappa shape index (κ1) is 15.8. The summed E-state index contributed by atoms with van der Waals surface area (Å²) in [5.74, 6) is 0.529. The number of nitrogens with one attached hydrogen (secondary N) is 1. The van der Waals surface area contributed by atoms with Crippen molar-refractivity contribution in [3.05, 3.63) is 64.0 Å². The Morgan fingerprint density at radius 2 is 2.04 bits per heavy atom. The summed E-state index contributed by atoms with van der Waals surface area (Å²) in [6.07, 6.45) is 3.36. The van der Waals surface area contributed by atoms with Gasteiger partial charge >= 0.3 is 0 Å². The van der Waals surface area contributed by atoms with Crippen LogP contribution in [-0.2, 0) is 4.79 Å². The number of fused-ring (bicyclic) bond motifs is 1. The Bertz CT molecular complexity index is 886. The van der Waals surface area contributed by atoms with E-state index in [2.05, 4.69) is 33.4 Å². The Labute approximate surface area is 146 Å². The topological polar surface area (TPSA) is 38.3 Å². The molecule has 5 heteroatoms. The lowest BCUT2D eigenvalue weighted by Gasteiger charge is -2.04. The number of hydrogen-bond donors (Lipinski definition) is 1. The van der Waals surface area contributed by atoms with Crippen molar-refractivity contribution < 1.29 is 9.53 Å². The molecule has 0 bridgehead atoms. The van der Waals surface area contributed by atoms with Gasteiger partial charge in [-0.25, -0.2) is 0 Å². The Kier molecular flexibility index (Phi) is 4.79. The SMILES string of the molecule is COc1cccc(NC(=O)/C=C/c2sc3ccccc3c2Br)c1. The van der Waals surface area contributed by atoms with E-state index < -0.39 is 0 Å². The Morgan fingerprint density at radius 3 is 2.83 bits per heavy atom. The molecule has 3 aromatic rings. The third-order valence-corrected chi connectivity index (χ3v) is 5.54. The van der Waals surface area contributed by atoms with Gasteiger partial charge in [-0.15, -0.1) is 11.3 Å². The fraction of sp³-hybridized carbons (Fsp3) is 0.0556. The largest absolute Gasteiger partial charge is 0.497 e. The van der Waals surface area contributed by atoms with Crippen molar-refractivity contribution in [2.75, 3.05) is 12.4 Å². The molecule has 1 heterocycles. The first-order chi connectivity index (χ1) is 11.2. The van der Waals surface area contributed by atoms with Gasteiger partial charge in [-0.05, 0) is 40.2 Å². The lowest BCUT2D eigenvalue weighted by molar-refractivity contribution is -0.111. The Balaban J connectivity index is 1.75. The van der Waals surface area contributed by atoms with Crippen LogP contribution in [0.5, 0.6) is 5.75 Å². The number of amides is 1. The fourth-order valence-corrected chi connectivity index (χ4v) is 4.03. The zero-order valence-electron chi connectivity index (χ0n) is 12.4. The molecular formula is C18H14BrNO2S. The van der Waals surface area contributed by atoms with Crippen molar-refractivity contribution in [1.29, 1.82) is 0 Å². The summed E-state index contributed by atoms with van der Waals surface area (Å²) in [7, 11) is 1.60. The van der Waals surface area contributed by atoms with Crippen LogP contribution in [0.15, 0.2) is 59.1 Å². The molecule has 0 atom stereocenters. The minimum atomic E-state index is -0.178. The molecule has 0 aliphatic heterocycles. The molecule has 0 saturated heterocycles. The molecule has 1 amide bonds. The lowest BCUT2D eigenvalue weighted by atomic mass is 10.2. The second kappa shape index (κ2) is 6.98. The second-order valence-corrected chi connectivity index (χ2v) is 6.71. The monoisotopic (exact) mass is 387 g/mol. The Morgan fingerprint density at radius 1 is 1.22 bits per heavy atom. The van der Waals surface area contributed by atoms with Gasteiger partial charge in [0.25, 0.3) is 0 Å². The van der Waals surface area contributed by atoms with Gasteiger partial charge in [-0.1, -0.05) is 24.3 Å². The molecule has 2 aromatic carbocycles. The van der Waals surface area contributed by atoms with Crippen LogP contribution in [-0.4, -0.2) is 13.0 Å². The predicted octanol–water partition coefficient (Wildman–Crippen LogP) is 5.32. The van der Waals surface area contributed by atoms with Crippen LogP contribution >= 0.6 is 27.3 Å². The van der Waals surface area contributed by atoms with Crippen molar-refractivity contribution in [1.82, 2.24) is 0 Å². The van der Waals surface area contributed by atoms with Crippen molar-refractivity contribution in [2.45, 2.75) is 0 Å². The van der Waals surface area contributed by atoms with E-state index in [1.807, 2.05) is 36.4 Å². The van der Waals surface area contributed by atoms with E-state index >= 15 is 0 Å². The third kappa shape index (κ3) is 3.63. The van der Waals surface area contributed by atoms with E-state index in [0.29, 0.717) is 11.4 Å². The van der Waals surface area contributed by atoms with Gasteiger partial charge in [0.2, 0.25) is 5.91 Å². The number of thiophene rings is 1. The quantitative estimate of drug-likeness (QED) is 0.614. The van der Waals surface area contributed by atoms with E-state index in [4.69, 9.17) is 4.74 Å².